The summed E-state index contributed by atoms with van der Waals surface area (Å²) in [7, 11) is 1.67. The van der Waals surface area contributed by atoms with E-state index < -0.39 is 12.5 Å². The molecule has 3 rings (SSSR count). The van der Waals surface area contributed by atoms with E-state index >= 15 is 0 Å². The van der Waals surface area contributed by atoms with Crippen LogP contribution >= 0.6 is 0 Å². The minimum Gasteiger partial charge on any atom is -0.379 e. The predicted octanol–water partition coefficient (Wildman–Crippen LogP) is 0.563. The molecule has 1 amide bonds. The highest BCUT2D eigenvalue weighted by Gasteiger charge is 2.32. The van der Waals surface area contributed by atoms with Crippen molar-refractivity contribution in [2.45, 2.75) is 44.2 Å². The first-order valence-corrected chi connectivity index (χ1v) is 9.19. The molecule has 1 aromatic carbocycles. The van der Waals surface area contributed by atoms with Crippen molar-refractivity contribution >= 4 is 17.9 Å². The number of nitrogens with zero attached hydrogens (tertiary/aromatic N) is 2. The number of nitrogens with one attached hydrogen (secondary N) is 1. The Hall–Kier alpha value is -1.96. The largest absolute Gasteiger partial charge is 0.379 e. The zero-order valence-electron chi connectivity index (χ0n) is 15.0. The van der Waals surface area contributed by atoms with Crippen LogP contribution in [0.1, 0.15) is 36.0 Å². The second-order valence-corrected chi connectivity index (χ2v) is 7.20. The molecule has 1 aromatic rings. The Labute approximate surface area is 153 Å². The van der Waals surface area contributed by atoms with Crippen LogP contribution < -0.4 is 10.2 Å². The Bertz CT molecular complexity index is 628. The highest BCUT2D eigenvalue weighted by molar-refractivity contribution is 5.94. The van der Waals surface area contributed by atoms with E-state index in [1.54, 1.807) is 19.2 Å². The Balaban J connectivity index is 1.62. The second kappa shape index (κ2) is 8.16. The SMILES string of the molecule is CN(C(=O)c1ccc(N2CCC(C=O)CC2)cc1)C1CCC(O)NC1O. The highest BCUT2D eigenvalue weighted by atomic mass is 16.3. The number of aliphatic hydroxyl groups excluding tert-OH is 2. The molecule has 2 saturated heterocycles. The monoisotopic (exact) mass is 361 g/mol. The van der Waals surface area contributed by atoms with E-state index in [1.165, 1.54) is 4.90 Å². The molecule has 2 aliphatic rings. The second-order valence-electron chi connectivity index (χ2n) is 7.20. The van der Waals surface area contributed by atoms with Gasteiger partial charge in [-0.1, -0.05) is 0 Å². The lowest BCUT2D eigenvalue weighted by molar-refractivity contribution is -0.111. The zero-order valence-corrected chi connectivity index (χ0v) is 15.0. The number of aldehydes is 1. The van der Waals surface area contributed by atoms with Crippen molar-refractivity contribution in [1.82, 2.24) is 10.2 Å². The van der Waals surface area contributed by atoms with Gasteiger partial charge < -0.3 is 24.8 Å². The Morgan fingerprint density at radius 2 is 1.81 bits per heavy atom. The summed E-state index contributed by atoms with van der Waals surface area (Å²) in [6.45, 7) is 1.69. The molecule has 0 spiro atoms. The number of amides is 1. The van der Waals surface area contributed by atoms with Crippen LogP contribution in [0.3, 0.4) is 0 Å². The van der Waals surface area contributed by atoms with E-state index in [-0.39, 0.29) is 17.9 Å². The molecule has 7 heteroatoms. The van der Waals surface area contributed by atoms with Crippen molar-refractivity contribution < 1.29 is 19.8 Å². The molecular weight excluding hydrogens is 334 g/mol. The number of benzene rings is 1. The summed E-state index contributed by atoms with van der Waals surface area (Å²) >= 11 is 0. The quantitative estimate of drug-likeness (QED) is 0.679. The van der Waals surface area contributed by atoms with Crippen LogP contribution in [-0.2, 0) is 4.79 Å². The summed E-state index contributed by atoms with van der Waals surface area (Å²) in [5, 5.41) is 22.3. The first-order chi connectivity index (χ1) is 12.5. The molecule has 2 aliphatic heterocycles. The highest BCUT2D eigenvalue weighted by Crippen LogP contribution is 2.24. The van der Waals surface area contributed by atoms with Crippen LogP contribution in [0.25, 0.3) is 0 Å². The Kier molecular flexibility index (Phi) is 5.90. The van der Waals surface area contributed by atoms with Crippen LogP contribution in [0.5, 0.6) is 0 Å². The van der Waals surface area contributed by atoms with E-state index in [1.807, 2.05) is 12.1 Å². The molecule has 0 aromatic heterocycles. The summed E-state index contributed by atoms with van der Waals surface area (Å²) in [4.78, 5) is 27.3. The van der Waals surface area contributed by atoms with Crippen LogP contribution in [0.2, 0.25) is 0 Å². The molecule has 0 radical (unpaired) electrons. The fraction of sp³-hybridized carbons (Fsp3) is 0.579. The first kappa shape index (κ1) is 18.8. The van der Waals surface area contributed by atoms with E-state index in [0.29, 0.717) is 18.4 Å². The van der Waals surface area contributed by atoms with Gasteiger partial charge >= 0.3 is 0 Å². The maximum Gasteiger partial charge on any atom is 0.253 e. The molecule has 3 atom stereocenters. The number of likely N-dealkylation sites (N-methyl/N-ethyl adjacent to an activating group) is 1. The average Bonchev–Trinajstić information content (AvgIpc) is 2.67. The summed E-state index contributed by atoms with van der Waals surface area (Å²) < 4.78 is 0. The molecule has 0 saturated carbocycles. The van der Waals surface area contributed by atoms with Crippen LogP contribution in [0.15, 0.2) is 24.3 Å². The lowest BCUT2D eigenvalue weighted by Gasteiger charge is -2.37. The molecule has 26 heavy (non-hydrogen) atoms. The van der Waals surface area contributed by atoms with Gasteiger partial charge in [-0.2, -0.15) is 0 Å². The van der Waals surface area contributed by atoms with Gasteiger partial charge in [-0.25, -0.2) is 0 Å². The van der Waals surface area contributed by atoms with E-state index in [4.69, 9.17) is 0 Å². The van der Waals surface area contributed by atoms with Crippen molar-refractivity contribution in [2.24, 2.45) is 5.92 Å². The molecule has 3 unspecified atom stereocenters. The summed E-state index contributed by atoms with van der Waals surface area (Å²) in [6, 6.07) is 7.10. The van der Waals surface area contributed by atoms with Gasteiger partial charge in [0.2, 0.25) is 0 Å². The number of anilines is 1. The fourth-order valence-electron chi connectivity index (χ4n) is 3.75. The van der Waals surface area contributed by atoms with Gasteiger partial charge in [0.05, 0.1) is 6.04 Å². The standard InChI is InChI=1S/C19H27N3O4/c1-21(16-6-7-17(24)20-18(16)25)19(26)14-2-4-15(5-3-14)22-10-8-13(12-23)9-11-22/h2-5,12-13,16-18,20,24-25H,6-11H2,1H3. The zero-order chi connectivity index (χ0) is 18.7. The number of rotatable bonds is 4. The lowest BCUT2D eigenvalue weighted by Crippen LogP contribution is -2.57. The maximum atomic E-state index is 12.7. The topological polar surface area (TPSA) is 93.1 Å². The minimum atomic E-state index is -0.939. The van der Waals surface area contributed by atoms with Crippen molar-refractivity contribution in [2.75, 3.05) is 25.0 Å². The predicted molar refractivity (Wildman–Crippen MR) is 97.7 cm³/mol. The van der Waals surface area contributed by atoms with Crippen LogP contribution in [0, 0.1) is 5.92 Å². The molecule has 7 nitrogen and oxygen atoms in total. The summed E-state index contributed by atoms with van der Waals surface area (Å²) in [5.74, 6) is 0.00764. The third kappa shape index (κ3) is 4.06. The van der Waals surface area contributed by atoms with Crippen molar-refractivity contribution in [1.29, 1.82) is 0 Å². The molecule has 142 valence electrons. The number of hydrogen-bond donors (Lipinski definition) is 3. The van der Waals surface area contributed by atoms with Gasteiger partial charge in [-0.05, 0) is 49.9 Å². The van der Waals surface area contributed by atoms with Gasteiger partial charge in [-0.15, -0.1) is 0 Å². The Morgan fingerprint density at radius 1 is 1.15 bits per heavy atom. The normalized spacial score (nSPS) is 27.2. The molecule has 2 fully saturated rings. The smallest absolute Gasteiger partial charge is 0.253 e. The lowest BCUT2D eigenvalue weighted by atomic mass is 9.98. The summed E-state index contributed by atoms with van der Waals surface area (Å²) in [6.07, 6.45) is 2.15. The molecule has 0 aliphatic carbocycles. The number of piperidine rings is 2. The maximum absolute atomic E-state index is 12.7. The molecule has 0 bridgehead atoms. The molecular formula is C19H27N3O4. The van der Waals surface area contributed by atoms with E-state index in [0.717, 1.165) is 37.9 Å². The van der Waals surface area contributed by atoms with Gasteiger partial charge in [0.1, 0.15) is 18.7 Å². The van der Waals surface area contributed by atoms with Gasteiger partial charge in [0.15, 0.2) is 0 Å². The van der Waals surface area contributed by atoms with Gasteiger partial charge in [-0.3, -0.25) is 10.1 Å². The number of carbonyl (C=O) groups is 2. The fourth-order valence-corrected chi connectivity index (χ4v) is 3.75. The Morgan fingerprint density at radius 3 is 2.38 bits per heavy atom. The van der Waals surface area contributed by atoms with Crippen molar-refractivity contribution in [3.63, 3.8) is 0 Å². The van der Waals surface area contributed by atoms with Crippen molar-refractivity contribution in [3.8, 4) is 0 Å². The van der Waals surface area contributed by atoms with Crippen LogP contribution in [-0.4, -0.2) is 65.9 Å². The number of carbonyl (C=O) groups excluding carboxylic acids is 2. The minimum absolute atomic E-state index is 0.154. The third-order valence-corrected chi connectivity index (χ3v) is 5.49. The van der Waals surface area contributed by atoms with E-state index in [2.05, 4.69) is 10.2 Å². The van der Waals surface area contributed by atoms with Crippen LogP contribution in [0.4, 0.5) is 5.69 Å². The number of hydrogen-bond acceptors (Lipinski definition) is 6. The molecule has 2 heterocycles. The average molecular weight is 361 g/mol. The number of aliphatic hydroxyl groups is 2. The third-order valence-electron chi connectivity index (χ3n) is 5.49. The van der Waals surface area contributed by atoms with Gasteiger partial charge in [0.25, 0.3) is 5.91 Å². The summed E-state index contributed by atoms with van der Waals surface area (Å²) in [5.41, 5.74) is 1.62. The van der Waals surface area contributed by atoms with E-state index in [9.17, 15) is 19.8 Å². The van der Waals surface area contributed by atoms with Gasteiger partial charge in [0, 0.05) is 37.3 Å². The molecule has 3 N–H and O–H groups in total. The van der Waals surface area contributed by atoms with Crippen molar-refractivity contribution in [3.05, 3.63) is 29.8 Å². The first-order valence-electron chi connectivity index (χ1n) is 9.19.